The molecular formula is C23H32N4O2. The molecule has 2 saturated heterocycles. The number of nitrogens with zero attached hydrogens (tertiary/aromatic N) is 4. The van der Waals surface area contributed by atoms with Gasteiger partial charge in [0.2, 0.25) is 0 Å². The summed E-state index contributed by atoms with van der Waals surface area (Å²) in [6, 6.07) is 8.44. The Balaban J connectivity index is 1.46. The number of piperidine rings is 1. The van der Waals surface area contributed by atoms with E-state index in [-0.39, 0.29) is 29.5 Å². The molecule has 2 aliphatic rings. The van der Waals surface area contributed by atoms with Crippen molar-refractivity contribution < 1.29 is 9.53 Å². The number of ether oxygens (including phenoxy) is 1. The maximum absolute atomic E-state index is 13.2. The second-order valence-corrected chi connectivity index (χ2v) is 9.75. The van der Waals surface area contributed by atoms with Gasteiger partial charge in [-0.15, -0.1) is 5.10 Å². The second-order valence-electron chi connectivity index (χ2n) is 9.75. The Labute approximate surface area is 173 Å². The van der Waals surface area contributed by atoms with Gasteiger partial charge in [0.25, 0.3) is 5.91 Å². The normalized spacial score (nSPS) is 24.2. The van der Waals surface area contributed by atoms with E-state index in [1.54, 1.807) is 0 Å². The summed E-state index contributed by atoms with van der Waals surface area (Å²) in [6.45, 7) is 10.5. The van der Waals surface area contributed by atoms with Gasteiger partial charge in [0, 0.05) is 29.3 Å². The minimum absolute atomic E-state index is 0.000648. The van der Waals surface area contributed by atoms with Gasteiger partial charge < -0.3 is 9.64 Å². The van der Waals surface area contributed by atoms with Gasteiger partial charge in [-0.1, -0.05) is 26.0 Å². The number of hydrogen-bond donors (Lipinski definition) is 0. The maximum Gasteiger partial charge on any atom is 0.254 e. The first-order valence-electron chi connectivity index (χ1n) is 10.7. The predicted molar refractivity (Wildman–Crippen MR) is 112 cm³/mol. The van der Waals surface area contributed by atoms with E-state index in [0.29, 0.717) is 6.04 Å². The summed E-state index contributed by atoms with van der Waals surface area (Å²) in [5.41, 5.74) is 1.76. The maximum atomic E-state index is 13.2. The zero-order valence-corrected chi connectivity index (χ0v) is 18.1. The lowest BCUT2D eigenvalue weighted by molar-refractivity contribution is 0.0523. The molecule has 29 heavy (non-hydrogen) atoms. The molecule has 3 heterocycles. The first-order chi connectivity index (χ1) is 13.7. The number of carbonyl (C=O) groups is 1. The van der Waals surface area contributed by atoms with Crippen LogP contribution in [0, 0.1) is 0 Å². The van der Waals surface area contributed by atoms with Gasteiger partial charge in [0.05, 0.1) is 17.8 Å². The molecule has 0 N–H and O–H groups in total. The number of aromatic nitrogens is 3. The molecule has 2 aromatic rings. The highest BCUT2D eigenvalue weighted by Gasteiger charge is 2.44. The summed E-state index contributed by atoms with van der Waals surface area (Å²) in [5, 5.41) is 8.80. The predicted octanol–water partition coefficient (Wildman–Crippen LogP) is 4.37. The van der Waals surface area contributed by atoms with Crippen LogP contribution >= 0.6 is 0 Å². The molecule has 4 rings (SSSR count). The van der Waals surface area contributed by atoms with Crippen molar-refractivity contribution in [3.05, 3.63) is 41.7 Å². The lowest BCUT2D eigenvalue weighted by Gasteiger charge is -2.39. The largest absolute Gasteiger partial charge is 0.491 e. The van der Waals surface area contributed by atoms with Gasteiger partial charge in [-0.2, -0.15) is 0 Å². The molecule has 1 aromatic heterocycles. The molecule has 0 aliphatic carbocycles. The van der Waals surface area contributed by atoms with Crippen LogP contribution in [0.15, 0.2) is 30.5 Å². The van der Waals surface area contributed by atoms with Crippen LogP contribution in [0.3, 0.4) is 0 Å². The number of carbonyl (C=O) groups excluding carboxylic acids is 1. The first kappa shape index (κ1) is 19.9. The molecule has 2 atom stereocenters. The van der Waals surface area contributed by atoms with Crippen LogP contribution in [-0.4, -0.2) is 44.0 Å². The van der Waals surface area contributed by atoms with E-state index in [4.69, 9.17) is 4.74 Å². The number of hydrogen-bond acceptors (Lipinski definition) is 4. The standard InChI is InChI=1S/C23H32N4O2/c1-15(2)29-20-10-6-16(7-11-20)22(28)27-17-8-9-18(27)13-19(12-17)26-14-21(24-25-26)23(3,4)5/h6-7,10-11,14-15,17-19H,8-9,12-13H2,1-5H3. The van der Waals surface area contributed by atoms with E-state index < -0.39 is 0 Å². The minimum Gasteiger partial charge on any atom is -0.491 e. The molecule has 156 valence electrons. The van der Waals surface area contributed by atoms with Crippen molar-refractivity contribution in [2.45, 2.75) is 89.9 Å². The lowest BCUT2D eigenvalue weighted by atomic mass is 9.92. The van der Waals surface area contributed by atoms with Crippen molar-refractivity contribution in [1.82, 2.24) is 19.9 Å². The molecular weight excluding hydrogens is 364 g/mol. The van der Waals surface area contributed by atoms with Crippen molar-refractivity contribution in [2.24, 2.45) is 0 Å². The molecule has 0 radical (unpaired) electrons. The Morgan fingerprint density at radius 1 is 1.07 bits per heavy atom. The molecule has 1 aromatic carbocycles. The van der Waals surface area contributed by atoms with Crippen LogP contribution in [0.1, 0.15) is 82.4 Å². The van der Waals surface area contributed by atoms with Gasteiger partial charge in [0.15, 0.2) is 0 Å². The lowest BCUT2D eigenvalue weighted by Crippen LogP contribution is -2.47. The van der Waals surface area contributed by atoms with Crippen molar-refractivity contribution in [2.75, 3.05) is 0 Å². The van der Waals surface area contributed by atoms with Crippen LogP contribution in [-0.2, 0) is 5.41 Å². The summed E-state index contributed by atoms with van der Waals surface area (Å²) >= 11 is 0. The van der Waals surface area contributed by atoms with E-state index in [1.165, 1.54) is 0 Å². The van der Waals surface area contributed by atoms with Crippen LogP contribution in [0.25, 0.3) is 0 Å². The monoisotopic (exact) mass is 396 g/mol. The van der Waals surface area contributed by atoms with Gasteiger partial charge >= 0.3 is 0 Å². The molecule has 0 saturated carbocycles. The highest BCUT2D eigenvalue weighted by molar-refractivity contribution is 5.95. The first-order valence-corrected chi connectivity index (χ1v) is 10.7. The van der Waals surface area contributed by atoms with Gasteiger partial charge in [0.1, 0.15) is 5.75 Å². The summed E-state index contributed by atoms with van der Waals surface area (Å²) in [4.78, 5) is 15.3. The van der Waals surface area contributed by atoms with Crippen LogP contribution in [0.5, 0.6) is 5.75 Å². The van der Waals surface area contributed by atoms with E-state index >= 15 is 0 Å². The number of fused-ring (bicyclic) bond motifs is 2. The fourth-order valence-corrected chi connectivity index (χ4v) is 4.59. The summed E-state index contributed by atoms with van der Waals surface area (Å²) in [5.74, 6) is 0.945. The van der Waals surface area contributed by atoms with E-state index in [1.807, 2.05) is 42.8 Å². The molecule has 6 nitrogen and oxygen atoms in total. The van der Waals surface area contributed by atoms with E-state index in [2.05, 4.69) is 42.2 Å². The third-order valence-corrected chi connectivity index (χ3v) is 6.07. The Morgan fingerprint density at radius 3 is 2.21 bits per heavy atom. The zero-order valence-electron chi connectivity index (χ0n) is 18.1. The fraction of sp³-hybridized carbons (Fsp3) is 0.609. The number of rotatable bonds is 4. The van der Waals surface area contributed by atoms with E-state index in [0.717, 1.165) is 42.7 Å². The summed E-state index contributed by atoms with van der Waals surface area (Å²) in [7, 11) is 0. The van der Waals surface area contributed by atoms with Crippen molar-refractivity contribution >= 4 is 5.91 Å². The minimum atomic E-state index is -0.000648. The highest BCUT2D eigenvalue weighted by atomic mass is 16.5. The van der Waals surface area contributed by atoms with Gasteiger partial charge in [-0.05, 0) is 63.8 Å². The molecule has 2 unspecified atom stereocenters. The molecule has 6 heteroatoms. The number of amides is 1. The van der Waals surface area contributed by atoms with Gasteiger partial charge in [-0.3, -0.25) is 4.79 Å². The Hall–Kier alpha value is -2.37. The topological polar surface area (TPSA) is 60.2 Å². The third-order valence-electron chi connectivity index (χ3n) is 6.07. The fourth-order valence-electron chi connectivity index (χ4n) is 4.59. The summed E-state index contributed by atoms with van der Waals surface area (Å²) < 4.78 is 7.73. The quantitative estimate of drug-likeness (QED) is 0.770. The Bertz CT molecular complexity index is 852. The average molecular weight is 397 g/mol. The molecule has 2 fully saturated rings. The smallest absolute Gasteiger partial charge is 0.254 e. The second kappa shape index (κ2) is 7.47. The van der Waals surface area contributed by atoms with E-state index in [9.17, 15) is 4.79 Å². The number of benzene rings is 1. The zero-order chi connectivity index (χ0) is 20.8. The van der Waals surface area contributed by atoms with Crippen LogP contribution < -0.4 is 4.74 Å². The molecule has 2 aliphatic heterocycles. The van der Waals surface area contributed by atoms with Crippen LogP contribution in [0.2, 0.25) is 0 Å². The Kier molecular flexibility index (Phi) is 5.13. The molecule has 0 spiro atoms. The van der Waals surface area contributed by atoms with Crippen molar-refractivity contribution in [3.8, 4) is 5.75 Å². The SMILES string of the molecule is CC(C)Oc1ccc(C(=O)N2C3CCC2CC(n2cc(C(C)(C)C)nn2)C3)cc1. The molecule has 1 amide bonds. The highest BCUT2D eigenvalue weighted by Crippen LogP contribution is 2.41. The van der Waals surface area contributed by atoms with Crippen molar-refractivity contribution in [1.29, 1.82) is 0 Å². The summed E-state index contributed by atoms with van der Waals surface area (Å²) in [6.07, 6.45) is 6.26. The van der Waals surface area contributed by atoms with Crippen LogP contribution in [0.4, 0.5) is 0 Å². The average Bonchev–Trinajstić information content (AvgIpc) is 3.24. The molecule has 2 bridgehead atoms. The Morgan fingerprint density at radius 2 is 1.69 bits per heavy atom. The van der Waals surface area contributed by atoms with Gasteiger partial charge in [-0.25, -0.2) is 4.68 Å². The van der Waals surface area contributed by atoms with Crippen molar-refractivity contribution in [3.63, 3.8) is 0 Å². The third kappa shape index (κ3) is 4.02.